The SMILES string of the molecule is CCCNc1cc(-c2ccccc2)nc(NCc2ccccc2)n1. The van der Waals surface area contributed by atoms with Crippen molar-refractivity contribution in [1.29, 1.82) is 0 Å². The van der Waals surface area contributed by atoms with Gasteiger partial charge in [-0.15, -0.1) is 0 Å². The van der Waals surface area contributed by atoms with E-state index in [-0.39, 0.29) is 0 Å². The van der Waals surface area contributed by atoms with E-state index in [0.717, 1.165) is 30.0 Å². The Morgan fingerprint density at radius 2 is 1.54 bits per heavy atom. The fourth-order valence-corrected chi connectivity index (χ4v) is 2.40. The molecule has 0 fully saturated rings. The third-order valence-corrected chi connectivity index (χ3v) is 3.65. The molecule has 0 radical (unpaired) electrons. The van der Waals surface area contributed by atoms with E-state index in [9.17, 15) is 0 Å². The highest BCUT2D eigenvalue weighted by molar-refractivity contribution is 5.64. The van der Waals surface area contributed by atoms with E-state index < -0.39 is 0 Å². The molecular weight excluding hydrogens is 296 g/mol. The van der Waals surface area contributed by atoms with Crippen molar-refractivity contribution in [2.75, 3.05) is 17.2 Å². The van der Waals surface area contributed by atoms with Gasteiger partial charge in [0.1, 0.15) is 5.82 Å². The van der Waals surface area contributed by atoms with Crippen LogP contribution in [-0.2, 0) is 6.54 Å². The lowest BCUT2D eigenvalue weighted by Gasteiger charge is -2.11. The van der Waals surface area contributed by atoms with E-state index in [4.69, 9.17) is 0 Å². The second kappa shape index (κ2) is 8.11. The predicted molar refractivity (Wildman–Crippen MR) is 100 cm³/mol. The van der Waals surface area contributed by atoms with E-state index in [0.29, 0.717) is 12.5 Å². The van der Waals surface area contributed by atoms with Crippen molar-refractivity contribution < 1.29 is 0 Å². The topological polar surface area (TPSA) is 49.8 Å². The molecule has 1 heterocycles. The second-order valence-electron chi connectivity index (χ2n) is 5.59. The van der Waals surface area contributed by atoms with Gasteiger partial charge in [-0.1, -0.05) is 67.6 Å². The van der Waals surface area contributed by atoms with E-state index in [1.165, 1.54) is 5.56 Å². The van der Waals surface area contributed by atoms with Gasteiger partial charge < -0.3 is 10.6 Å². The Morgan fingerprint density at radius 1 is 0.833 bits per heavy atom. The number of nitrogens with zero attached hydrogens (tertiary/aromatic N) is 2. The summed E-state index contributed by atoms with van der Waals surface area (Å²) in [6, 6.07) is 22.4. The summed E-state index contributed by atoms with van der Waals surface area (Å²) in [4.78, 5) is 9.24. The van der Waals surface area contributed by atoms with Crippen molar-refractivity contribution >= 4 is 11.8 Å². The van der Waals surface area contributed by atoms with Gasteiger partial charge in [0.05, 0.1) is 5.69 Å². The average Bonchev–Trinajstić information content (AvgIpc) is 2.66. The van der Waals surface area contributed by atoms with Gasteiger partial charge >= 0.3 is 0 Å². The first-order valence-corrected chi connectivity index (χ1v) is 8.31. The third-order valence-electron chi connectivity index (χ3n) is 3.65. The minimum atomic E-state index is 0.638. The van der Waals surface area contributed by atoms with E-state index in [1.807, 2.05) is 42.5 Å². The predicted octanol–water partition coefficient (Wildman–Crippen LogP) is 4.58. The summed E-state index contributed by atoms with van der Waals surface area (Å²) in [5.74, 6) is 1.49. The summed E-state index contributed by atoms with van der Waals surface area (Å²) in [5, 5.41) is 6.68. The average molecular weight is 318 g/mol. The first-order chi connectivity index (χ1) is 11.8. The number of anilines is 2. The Labute approximate surface area is 143 Å². The molecule has 0 spiro atoms. The zero-order chi connectivity index (χ0) is 16.6. The molecule has 2 N–H and O–H groups in total. The maximum atomic E-state index is 4.66. The highest BCUT2D eigenvalue weighted by atomic mass is 15.1. The van der Waals surface area contributed by atoms with Crippen LogP contribution in [0, 0.1) is 0 Å². The zero-order valence-corrected chi connectivity index (χ0v) is 13.9. The smallest absolute Gasteiger partial charge is 0.225 e. The second-order valence-corrected chi connectivity index (χ2v) is 5.59. The Kier molecular flexibility index (Phi) is 5.40. The molecule has 122 valence electrons. The monoisotopic (exact) mass is 318 g/mol. The summed E-state index contributed by atoms with van der Waals surface area (Å²) in [5.41, 5.74) is 3.20. The maximum Gasteiger partial charge on any atom is 0.225 e. The van der Waals surface area contributed by atoms with Crippen LogP contribution in [0.15, 0.2) is 66.7 Å². The number of aromatic nitrogens is 2. The Bertz CT molecular complexity index is 757. The summed E-state index contributed by atoms with van der Waals surface area (Å²) in [6.07, 6.45) is 1.05. The number of hydrogen-bond acceptors (Lipinski definition) is 4. The molecule has 1 aromatic heterocycles. The van der Waals surface area contributed by atoms with Crippen LogP contribution in [0.2, 0.25) is 0 Å². The van der Waals surface area contributed by atoms with Crippen molar-refractivity contribution in [3.63, 3.8) is 0 Å². The molecule has 0 aliphatic carbocycles. The normalized spacial score (nSPS) is 10.4. The standard InChI is InChI=1S/C20H22N4/c1-2-13-21-19-14-18(17-11-7-4-8-12-17)23-20(24-19)22-15-16-9-5-3-6-10-16/h3-12,14H,2,13,15H2,1H3,(H2,21,22,23,24). The number of benzene rings is 2. The van der Waals surface area contributed by atoms with Crippen LogP contribution < -0.4 is 10.6 Å². The molecule has 0 atom stereocenters. The van der Waals surface area contributed by atoms with Gasteiger partial charge in [-0.3, -0.25) is 0 Å². The molecule has 2 aromatic carbocycles. The molecule has 0 unspecified atom stereocenters. The van der Waals surface area contributed by atoms with E-state index in [2.05, 4.69) is 51.8 Å². The van der Waals surface area contributed by atoms with Gasteiger partial charge in [-0.05, 0) is 12.0 Å². The molecule has 24 heavy (non-hydrogen) atoms. The molecule has 0 saturated carbocycles. The van der Waals surface area contributed by atoms with Crippen molar-refractivity contribution in [1.82, 2.24) is 9.97 Å². The van der Waals surface area contributed by atoms with Crippen LogP contribution in [0.3, 0.4) is 0 Å². The fourth-order valence-electron chi connectivity index (χ4n) is 2.40. The molecule has 4 nitrogen and oxygen atoms in total. The largest absolute Gasteiger partial charge is 0.370 e. The van der Waals surface area contributed by atoms with E-state index >= 15 is 0 Å². The summed E-state index contributed by atoms with van der Waals surface area (Å²) < 4.78 is 0. The lowest BCUT2D eigenvalue weighted by Crippen LogP contribution is -2.08. The van der Waals surface area contributed by atoms with Crippen LogP contribution in [0.4, 0.5) is 11.8 Å². The Morgan fingerprint density at radius 3 is 2.25 bits per heavy atom. The molecule has 0 aliphatic heterocycles. The van der Waals surface area contributed by atoms with Crippen LogP contribution in [-0.4, -0.2) is 16.5 Å². The molecule has 0 aliphatic rings. The van der Waals surface area contributed by atoms with Crippen LogP contribution >= 0.6 is 0 Å². The first-order valence-electron chi connectivity index (χ1n) is 8.31. The lowest BCUT2D eigenvalue weighted by atomic mass is 10.1. The number of hydrogen-bond donors (Lipinski definition) is 2. The molecule has 0 saturated heterocycles. The van der Waals surface area contributed by atoms with Gasteiger partial charge in [0.2, 0.25) is 5.95 Å². The van der Waals surface area contributed by atoms with Gasteiger partial charge in [-0.2, -0.15) is 4.98 Å². The van der Waals surface area contributed by atoms with Crippen LogP contribution in [0.1, 0.15) is 18.9 Å². The molecular formula is C20H22N4. The Hall–Kier alpha value is -2.88. The van der Waals surface area contributed by atoms with Gasteiger partial charge in [0.15, 0.2) is 0 Å². The molecule has 3 rings (SSSR count). The number of nitrogens with one attached hydrogen (secondary N) is 2. The highest BCUT2D eigenvalue weighted by Gasteiger charge is 2.06. The first kappa shape index (κ1) is 16.0. The minimum Gasteiger partial charge on any atom is -0.370 e. The highest BCUT2D eigenvalue weighted by Crippen LogP contribution is 2.21. The minimum absolute atomic E-state index is 0.638. The number of rotatable bonds is 7. The van der Waals surface area contributed by atoms with Crippen molar-refractivity contribution in [2.45, 2.75) is 19.9 Å². The molecule has 4 heteroatoms. The van der Waals surface area contributed by atoms with Gasteiger partial charge in [0, 0.05) is 24.7 Å². The Balaban J connectivity index is 1.84. The van der Waals surface area contributed by atoms with Crippen molar-refractivity contribution in [3.05, 3.63) is 72.3 Å². The van der Waals surface area contributed by atoms with Gasteiger partial charge in [-0.25, -0.2) is 4.98 Å². The third kappa shape index (κ3) is 4.32. The van der Waals surface area contributed by atoms with E-state index in [1.54, 1.807) is 0 Å². The van der Waals surface area contributed by atoms with Crippen molar-refractivity contribution in [3.8, 4) is 11.3 Å². The summed E-state index contributed by atoms with van der Waals surface area (Å²) in [7, 11) is 0. The maximum absolute atomic E-state index is 4.66. The lowest BCUT2D eigenvalue weighted by molar-refractivity contribution is 0.962. The quantitative estimate of drug-likeness (QED) is 0.669. The van der Waals surface area contributed by atoms with Crippen LogP contribution in [0.5, 0.6) is 0 Å². The summed E-state index contributed by atoms with van der Waals surface area (Å²) in [6.45, 7) is 3.73. The molecule has 0 amide bonds. The fraction of sp³-hybridized carbons (Fsp3) is 0.200. The van der Waals surface area contributed by atoms with Gasteiger partial charge in [0.25, 0.3) is 0 Å². The van der Waals surface area contributed by atoms with Crippen molar-refractivity contribution in [2.24, 2.45) is 0 Å². The summed E-state index contributed by atoms with van der Waals surface area (Å²) >= 11 is 0. The zero-order valence-electron chi connectivity index (χ0n) is 13.9. The molecule has 3 aromatic rings. The van der Waals surface area contributed by atoms with Crippen LogP contribution in [0.25, 0.3) is 11.3 Å². The molecule has 0 bridgehead atoms.